The molecule has 0 N–H and O–H groups in total. The quantitative estimate of drug-likeness (QED) is 0.472. The predicted octanol–water partition coefficient (Wildman–Crippen LogP) is 5.18. The van der Waals surface area contributed by atoms with Crippen LogP contribution in [-0.2, 0) is 17.4 Å². The molecule has 0 saturated carbocycles. The Labute approximate surface area is 174 Å². The monoisotopic (exact) mass is 443 g/mol. The predicted molar refractivity (Wildman–Crippen MR) is 99.7 cm³/mol. The zero-order chi connectivity index (χ0) is 22.8. The highest BCUT2D eigenvalue weighted by molar-refractivity contribution is 5.98. The first-order valence-corrected chi connectivity index (χ1v) is 9.69. The summed E-state index contributed by atoms with van der Waals surface area (Å²) in [6.07, 6.45) is -3.65. The second kappa shape index (κ2) is 9.11. The Hall–Kier alpha value is -2.84. The van der Waals surface area contributed by atoms with Gasteiger partial charge in [-0.15, -0.1) is 0 Å². The molecule has 3 nitrogen and oxygen atoms in total. The molecule has 1 heterocycles. The topological polar surface area (TPSA) is 37.4 Å². The number of piperidine rings is 1. The van der Waals surface area contributed by atoms with Crippen LogP contribution in [0.4, 0.5) is 26.3 Å². The van der Waals surface area contributed by atoms with Crippen LogP contribution in [0.2, 0.25) is 0 Å². The van der Waals surface area contributed by atoms with Crippen molar-refractivity contribution in [1.82, 2.24) is 4.90 Å². The number of carbonyl (C=O) groups is 2. The van der Waals surface area contributed by atoms with Gasteiger partial charge in [0.05, 0.1) is 11.1 Å². The third-order valence-electron chi connectivity index (χ3n) is 5.38. The third-order valence-corrected chi connectivity index (χ3v) is 5.38. The Balaban J connectivity index is 1.52. The number of halogens is 6. The second-order valence-electron chi connectivity index (χ2n) is 7.46. The SMILES string of the molecule is O=C(c1c(F)cc(F)cc1F)C1CCN(C(=O)CCc2ccc(C(F)(F)F)cc2)CC1. The molecule has 1 aliphatic rings. The van der Waals surface area contributed by atoms with Gasteiger partial charge >= 0.3 is 6.18 Å². The molecule has 0 bridgehead atoms. The summed E-state index contributed by atoms with van der Waals surface area (Å²) in [6.45, 7) is 0.430. The number of ketones is 1. The normalized spacial score (nSPS) is 15.2. The molecule has 0 radical (unpaired) electrons. The molecule has 166 valence electrons. The van der Waals surface area contributed by atoms with E-state index in [4.69, 9.17) is 0 Å². The molecular weight excluding hydrogens is 424 g/mol. The van der Waals surface area contributed by atoms with Gasteiger partial charge in [0.25, 0.3) is 0 Å². The average molecular weight is 443 g/mol. The van der Waals surface area contributed by atoms with Crippen LogP contribution in [0.25, 0.3) is 0 Å². The van der Waals surface area contributed by atoms with E-state index in [2.05, 4.69) is 0 Å². The van der Waals surface area contributed by atoms with E-state index < -0.39 is 46.5 Å². The van der Waals surface area contributed by atoms with Crippen LogP contribution in [0.1, 0.15) is 40.7 Å². The van der Waals surface area contributed by atoms with E-state index in [9.17, 15) is 35.9 Å². The molecule has 31 heavy (non-hydrogen) atoms. The molecule has 2 aromatic rings. The summed E-state index contributed by atoms with van der Waals surface area (Å²) >= 11 is 0. The molecule has 2 aromatic carbocycles. The first-order chi connectivity index (χ1) is 14.6. The van der Waals surface area contributed by atoms with Crippen molar-refractivity contribution in [3.05, 3.63) is 70.5 Å². The zero-order valence-corrected chi connectivity index (χ0v) is 16.3. The molecule has 0 aliphatic carbocycles. The second-order valence-corrected chi connectivity index (χ2v) is 7.46. The molecule has 0 spiro atoms. The molecule has 1 amide bonds. The fraction of sp³-hybridized carbons (Fsp3) is 0.364. The number of alkyl halides is 3. The first-order valence-electron chi connectivity index (χ1n) is 9.69. The summed E-state index contributed by atoms with van der Waals surface area (Å²) in [5.41, 5.74) is -0.939. The first kappa shape index (κ1) is 22.8. The van der Waals surface area contributed by atoms with E-state index in [1.165, 1.54) is 17.0 Å². The molecular formula is C22H19F6NO2. The summed E-state index contributed by atoms with van der Waals surface area (Å²) in [7, 11) is 0. The number of amides is 1. The van der Waals surface area contributed by atoms with Gasteiger partial charge in [0.15, 0.2) is 5.78 Å². The van der Waals surface area contributed by atoms with Crippen LogP contribution < -0.4 is 0 Å². The number of Topliss-reactive ketones (excluding diaryl/α,β-unsaturated/α-hetero) is 1. The minimum absolute atomic E-state index is 0.0885. The van der Waals surface area contributed by atoms with Crippen molar-refractivity contribution >= 4 is 11.7 Å². The fourth-order valence-corrected chi connectivity index (χ4v) is 3.64. The fourth-order valence-electron chi connectivity index (χ4n) is 3.64. The van der Waals surface area contributed by atoms with E-state index in [0.29, 0.717) is 17.7 Å². The molecule has 1 aliphatic heterocycles. The number of likely N-dealkylation sites (tertiary alicyclic amines) is 1. The standard InChI is InChI=1S/C22H19F6NO2/c23-16-11-17(24)20(18(25)12-16)21(31)14-7-9-29(10-8-14)19(30)6-3-13-1-4-15(5-2-13)22(26,27)28/h1-2,4-5,11-12,14H,3,6-10H2. The van der Waals surface area contributed by atoms with E-state index in [-0.39, 0.29) is 44.7 Å². The highest BCUT2D eigenvalue weighted by atomic mass is 19.4. The van der Waals surface area contributed by atoms with Crippen molar-refractivity contribution in [3.8, 4) is 0 Å². The van der Waals surface area contributed by atoms with Gasteiger partial charge in [0, 0.05) is 37.6 Å². The summed E-state index contributed by atoms with van der Waals surface area (Å²) in [4.78, 5) is 26.4. The number of hydrogen-bond acceptors (Lipinski definition) is 2. The third kappa shape index (κ3) is 5.45. The van der Waals surface area contributed by atoms with Crippen LogP contribution in [0.15, 0.2) is 36.4 Å². The Morgan fingerprint density at radius 2 is 1.48 bits per heavy atom. The minimum Gasteiger partial charge on any atom is -0.343 e. The van der Waals surface area contributed by atoms with Gasteiger partial charge in [-0.3, -0.25) is 9.59 Å². The highest BCUT2D eigenvalue weighted by Gasteiger charge is 2.32. The van der Waals surface area contributed by atoms with Crippen LogP contribution >= 0.6 is 0 Å². The van der Waals surface area contributed by atoms with Gasteiger partial charge in [0.2, 0.25) is 5.91 Å². The molecule has 3 rings (SSSR count). The van der Waals surface area contributed by atoms with Crippen molar-refractivity contribution in [3.63, 3.8) is 0 Å². The Morgan fingerprint density at radius 3 is 2.00 bits per heavy atom. The van der Waals surface area contributed by atoms with E-state index in [0.717, 1.165) is 12.1 Å². The summed E-state index contributed by atoms with van der Waals surface area (Å²) < 4.78 is 78.5. The lowest BCUT2D eigenvalue weighted by atomic mass is 9.88. The molecule has 0 aromatic heterocycles. The van der Waals surface area contributed by atoms with Crippen molar-refractivity contribution in [1.29, 1.82) is 0 Å². The maximum absolute atomic E-state index is 13.8. The molecule has 9 heteroatoms. The van der Waals surface area contributed by atoms with Gasteiger partial charge < -0.3 is 4.90 Å². The average Bonchev–Trinajstić information content (AvgIpc) is 2.71. The Bertz CT molecular complexity index is 940. The van der Waals surface area contributed by atoms with Crippen molar-refractivity contribution < 1.29 is 35.9 Å². The number of rotatable bonds is 5. The smallest absolute Gasteiger partial charge is 0.343 e. The number of benzene rings is 2. The number of aryl methyl sites for hydroxylation is 1. The number of nitrogens with zero attached hydrogens (tertiary/aromatic N) is 1. The van der Waals surface area contributed by atoms with Crippen LogP contribution in [0.5, 0.6) is 0 Å². The van der Waals surface area contributed by atoms with Gasteiger partial charge in [-0.2, -0.15) is 13.2 Å². The minimum atomic E-state index is -4.42. The molecule has 1 fully saturated rings. The summed E-state index contributed by atoms with van der Waals surface area (Å²) in [6, 6.07) is 5.49. The largest absolute Gasteiger partial charge is 0.416 e. The van der Waals surface area contributed by atoms with E-state index >= 15 is 0 Å². The highest BCUT2D eigenvalue weighted by Crippen LogP contribution is 2.29. The Morgan fingerprint density at radius 1 is 0.935 bits per heavy atom. The van der Waals surface area contributed by atoms with E-state index in [1.807, 2.05) is 0 Å². The van der Waals surface area contributed by atoms with Gasteiger partial charge in [-0.05, 0) is 37.0 Å². The van der Waals surface area contributed by atoms with Crippen LogP contribution in [0, 0.1) is 23.4 Å². The lowest BCUT2D eigenvalue weighted by Crippen LogP contribution is -2.40. The summed E-state index contributed by atoms with van der Waals surface area (Å²) in [5, 5.41) is 0. The lowest BCUT2D eigenvalue weighted by Gasteiger charge is -2.31. The van der Waals surface area contributed by atoms with Crippen molar-refractivity contribution in [2.45, 2.75) is 31.9 Å². The van der Waals surface area contributed by atoms with Crippen molar-refractivity contribution in [2.24, 2.45) is 5.92 Å². The van der Waals surface area contributed by atoms with Crippen LogP contribution in [-0.4, -0.2) is 29.7 Å². The Kier molecular flexibility index (Phi) is 6.71. The van der Waals surface area contributed by atoms with Gasteiger partial charge in [-0.1, -0.05) is 12.1 Å². The van der Waals surface area contributed by atoms with Gasteiger partial charge in [0.1, 0.15) is 17.5 Å². The maximum atomic E-state index is 13.8. The maximum Gasteiger partial charge on any atom is 0.416 e. The van der Waals surface area contributed by atoms with Crippen molar-refractivity contribution in [2.75, 3.05) is 13.1 Å². The van der Waals surface area contributed by atoms with Crippen LogP contribution in [0.3, 0.4) is 0 Å². The zero-order valence-electron chi connectivity index (χ0n) is 16.3. The summed E-state index contributed by atoms with van der Waals surface area (Å²) in [5.74, 6) is -5.28. The van der Waals surface area contributed by atoms with E-state index in [1.54, 1.807) is 0 Å². The van der Waals surface area contributed by atoms with Gasteiger partial charge in [-0.25, -0.2) is 13.2 Å². The number of carbonyl (C=O) groups excluding carboxylic acids is 2. The lowest BCUT2D eigenvalue weighted by molar-refractivity contribution is -0.137. The number of hydrogen-bond donors (Lipinski definition) is 0. The molecule has 0 atom stereocenters. The molecule has 1 saturated heterocycles. The molecule has 0 unspecified atom stereocenters.